The van der Waals surface area contributed by atoms with Gasteiger partial charge in [0.05, 0.1) is 11.4 Å². The van der Waals surface area contributed by atoms with E-state index in [1.165, 1.54) is 16.5 Å². The van der Waals surface area contributed by atoms with Crippen LogP contribution in [-0.4, -0.2) is 46.9 Å². The Labute approximate surface area is 314 Å². The Bertz CT molecular complexity index is 2160. The number of aromatic nitrogens is 1. The van der Waals surface area contributed by atoms with Crippen molar-refractivity contribution in [1.82, 2.24) is 15.4 Å². The summed E-state index contributed by atoms with van der Waals surface area (Å²) in [6.07, 6.45) is 6.30. The second-order valence-electron chi connectivity index (χ2n) is 15.7. The average Bonchev–Trinajstić information content (AvgIpc) is 3.82. The lowest BCUT2D eigenvalue weighted by Gasteiger charge is -2.35. The van der Waals surface area contributed by atoms with Crippen molar-refractivity contribution < 1.29 is 23.3 Å². The second-order valence-corrected chi connectivity index (χ2v) is 15.7. The fourth-order valence-corrected chi connectivity index (χ4v) is 8.68. The molecule has 4 aliphatic rings. The van der Waals surface area contributed by atoms with Crippen LogP contribution in [0.1, 0.15) is 89.9 Å². The van der Waals surface area contributed by atoms with Crippen molar-refractivity contribution in [1.29, 1.82) is 0 Å². The molecule has 3 heterocycles. The molecule has 1 unspecified atom stereocenters. The predicted molar refractivity (Wildman–Crippen MR) is 203 cm³/mol. The van der Waals surface area contributed by atoms with Crippen molar-refractivity contribution in [2.45, 2.75) is 90.3 Å². The van der Waals surface area contributed by atoms with E-state index in [1.54, 1.807) is 6.07 Å². The van der Waals surface area contributed by atoms with Crippen LogP contribution in [0.5, 0.6) is 0 Å². The molecule has 8 rings (SSSR count). The Kier molecular flexibility index (Phi) is 9.24. The van der Waals surface area contributed by atoms with Gasteiger partial charge < -0.3 is 24.5 Å². The summed E-state index contributed by atoms with van der Waals surface area (Å²) in [7, 11) is 0. The predicted octanol–water partition coefficient (Wildman–Crippen LogP) is 8.13. The van der Waals surface area contributed by atoms with Crippen LogP contribution < -0.4 is 15.5 Å². The van der Waals surface area contributed by atoms with E-state index in [0.29, 0.717) is 35.2 Å². The van der Waals surface area contributed by atoms with Crippen molar-refractivity contribution in [3.05, 3.63) is 106 Å². The number of hydrogen-bond acceptors (Lipinski definition) is 7. The van der Waals surface area contributed by atoms with Gasteiger partial charge in [-0.15, -0.1) is 0 Å². The van der Waals surface area contributed by atoms with Crippen LogP contribution in [0, 0.1) is 45.0 Å². The number of hydrogen-bond donors (Lipinski definition) is 2. The number of nitrogens with one attached hydrogen (secondary N) is 2. The molecule has 3 aromatic carbocycles. The van der Waals surface area contributed by atoms with Gasteiger partial charge in [0.25, 0.3) is 11.4 Å². The van der Waals surface area contributed by atoms with Crippen LogP contribution in [0.3, 0.4) is 0 Å². The van der Waals surface area contributed by atoms with Gasteiger partial charge in [-0.05, 0) is 124 Å². The number of anilines is 3. The number of fused-ring (bicyclic) bond motifs is 1. The second kappa shape index (κ2) is 14.0. The fraction of sp³-hybridized carbons (Fsp3) is 0.419. The van der Waals surface area contributed by atoms with Gasteiger partial charge in [0, 0.05) is 67.0 Å². The third-order valence-corrected chi connectivity index (χ3v) is 12.1. The van der Waals surface area contributed by atoms with E-state index in [9.17, 15) is 14.4 Å². The summed E-state index contributed by atoms with van der Waals surface area (Å²) in [5.41, 5.74) is 8.32. The molecule has 2 aliphatic carbocycles. The van der Waals surface area contributed by atoms with Crippen molar-refractivity contribution in [2.24, 2.45) is 11.8 Å². The van der Waals surface area contributed by atoms with Crippen molar-refractivity contribution in [3.63, 3.8) is 0 Å². The highest BCUT2D eigenvalue weighted by Gasteiger charge is 2.52. The van der Waals surface area contributed by atoms with Crippen molar-refractivity contribution in [2.75, 3.05) is 23.3 Å². The van der Waals surface area contributed by atoms with Gasteiger partial charge in [0.1, 0.15) is 17.6 Å². The zero-order valence-electron chi connectivity index (χ0n) is 31.0. The molecule has 1 aromatic heterocycles. The van der Waals surface area contributed by atoms with Crippen molar-refractivity contribution in [3.8, 4) is 11.1 Å². The first-order valence-corrected chi connectivity index (χ1v) is 19.0. The Morgan fingerprint density at radius 3 is 2.41 bits per heavy atom. The van der Waals surface area contributed by atoms with E-state index in [2.05, 4.69) is 74.9 Å². The quantitative estimate of drug-likeness (QED) is 0.125. The lowest BCUT2D eigenvalue weighted by molar-refractivity contribution is -0.136. The maximum atomic E-state index is 15.3. The van der Waals surface area contributed by atoms with Gasteiger partial charge in [-0.2, -0.15) is 0 Å². The molecule has 0 bridgehead atoms. The summed E-state index contributed by atoms with van der Waals surface area (Å²) < 4.78 is 20.8. The van der Waals surface area contributed by atoms with Gasteiger partial charge in [-0.3, -0.25) is 19.7 Å². The monoisotopic (exact) mass is 728 g/mol. The summed E-state index contributed by atoms with van der Waals surface area (Å²) in [6, 6.07) is 17.4. The third-order valence-electron chi connectivity index (χ3n) is 12.1. The average molecular weight is 729 g/mol. The first-order chi connectivity index (χ1) is 26.0. The number of halogens is 1. The molecule has 54 heavy (non-hydrogen) atoms. The SMILES string of the molecule is [C-]#[N+]C1(c2ccc(N(CC3CCC(CNc4cc5c(cc4F)CN(C4CCC(=O)NC4=O)C5=O)CC3)c3cc(-c4c(C)noc4C)ccc3C)cc2)CC1. The van der Waals surface area contributed by atoms with Crippen LogP contribution in [-0.2, 0) is 21.7 Å². The van der Waals surface area contributed by atoms with Gasteiger partial charge in [-0.1, -0.05) is 17.3 Å². The summed E-state index contributed by atoms with van der Waals surface area (Å²) in [6.45, 7) is 15.4. The Hall–Kier alpha value is -5.50. The minimum absolute atomic E-state index is 0.147. The molecule has 3 fully saturated rings. The molecular formula is C43H45FN6O4. The van der Waals surface area contributed by atoms with Crippen LogP contribution in [0.25, 0.3) is 16.0 Å². The minimum atomic E-state index is -0.734. The van der Waals surface area contributed by atoms with Crippen molar-refractivity contribution >= 4 is 34.8 Å². The molecular weight excluding hydrogens is 684 g/mol. The van der Waals surface area contributed by atoms with Gasteiger partial charge in [0.2, 0.25) is 11.8 Å². The molecule has 4 aromatic rings. The maximum Gasteiger partial charge on any atom is 0.258 e. The fourth-order valence-electron chi connectivity index (χ4n) is 8.68. The van der Waals surface area contributed by atoms with Crippen LogP contribution >= 0.6 is 0 Å². The molecule has 2 N–H and O–H groups in total. The molecule has 0 radical (unpaired) electrons. The summed E-state index contributed by atoms with van der Waals surface area (Å²) in [5.74, 6) is 0.0341. The number of carbonyl (C=O) groups excluding carboxylic acids is 3. The summed E-state index contributed by atoms with van der Waals surface area (Å²) in [4.78, 5) is 45.2. The standard InChI is InChI=1S/C43H45FN6O4/c1-25-5-10-30(40-26(2)48-54-27(40)3)20-38(25)49(33-13-11-32(12-14-33)43(45-4)17-18-43)23-29-8-6-28(7-9-29)22-46-36-21-34-31(19-35(36)44)24-50(42(34)53)37-15-16-39(51)47-41(37)52/h5,10-14,19-21,28-29,37,46H,6-9,15-18,22-24H2,1-3H3,(H,47,51,52). The van der Waals surface area contributed by atoms with Gasteiger partial charge in [0.15, 0.2) is 0 Å². The number of imide groups is 1. The zero-order valence-corrected chi connectivity index (χ0v) is 31.0. The smallest absolute Gasteiger partial charge is 0.258 e. The number of aryl methyl sites for hydroxylation is 3. The topological polar surface area (TPSA) is 112 Å². The number of nitrogens with zero attached hydrogens (tertiary/aromatic N) is 4. The van der Waals surface area contributed by atoms with Gasteiger partial charge in [-0.25, -0.2) is 11.0 Å². The largest absolute Gasteiger partial charge is 0.382 e. The number of rotatable bonds is 10. The number of piperidine rings is 1. The lowest BCUT2D eigenvalue weighted by atomic mass is 9.81. The van der Waals surface area contributed by atoms with E-state index in [1.807, 2.05) is 13.8 Å². The summed E-state index contributed by atoms with van der Waals surface area (Å²) in [5, 5.41) is 9.81. The normalized spacial score (nSPS) is 21.7. The van der Waals surface area contributed by atoms with E-state index < -0.39 is 17.8 Å². The molecule has 1 atom stereocenters. The Morgan fingerprint density at radius 1 is 1.00 bits per heavy atom. The Morgan fingerprint density at radius 2 is 1.74 bits per heavy atom. The van der Waals surface area contributed by atoms with Crippen LogP contribution in [0.2, 0.25) is 0 Å². The first kappa shape index (κ1) is 35.5. The zero-order chi connectivity index (χ0) is 37.7. The van der Waals surface area contributed by atoms with Gasteiger partial charge >= 0.3 is 0 Å². The van der Waals surface area contributed by atoms with Crippen LogP contribution in [0.15, 0.2) is 59.1 Å². The molecule has 0 spiro atoms. The number of amides is 3. The highest BCUT2D eigenvalue weighted by molar-refractivity contribution is 6.05. The lowest BCUT2D eigenvalue weighted by Crippen LogP contribution is -2.52. The highest BCUT2D eigenvalue weighted by Crippen LogP contribution is 2.50. The van der Waals surface area contributed by atoms with Crippen LogP contribution in [0.4, 0.5) is 21.5 Å². The molecule has 10 nitrogen and oxygen atoms in total. The molecule has 2 aliphatic heterocycles. The molecule has 278 valence electrons. The third kappa shape index (κ3) is 6.63. The molecule has 3 amide bonds. The summed E-state index contributed by atoms with van der Waals surface area (Å²) >= 11 is 0. The maximum absolute atomic E-state index is 15.3. The Balaban J connectivity index is 0.950. The number of benzene rings is 3. The molecule has 11 heteroatoms. The molecule has 1 saturated heterocycles. The van der Waals surface area contributed by atoms with E-state index in [-0.39, 0.29) is 36.7 Å². The van der Waals surface area contributed by atoms with E-state index >= 15 is 4.39 Å². The highest BCUT2D eigenvalue weighted by atomic mass is 19.1. The molecule has 2 saturated carbocycles. The minimum Gasteiger partial charge on any atom is -0.382 e. The number of carbonyl (C=O) groups is 3. The van der Waals surface area contributed by atoms with E-state index in [4.69, 9.17) is 11.1 Å². The first-order valence-electron chi connectivity index (χ1n) is 19.0. The van der Waals surface area contributed by atoms with E-state index in [0.717, 1.165) is 84.6 Å².